The molecule has 0 saturated carbocycles. The van der Waals surface area contributed by atoms with Gasteiger partial charge in [-0.05, 0) is 42.3 Å². The summed E-state index contributed by atoms with van der Waals surface area (Å²) in [6.45, 7) is 0.480. The van der Waals surface area contributed by atoms with Crippen LogP contribution in [0.2, 0.25) is 0 Å². The highest BCUT2D eigenvalue weighted by Crippen LogP contribution is 2.35. The van der Waals surface area contributed by atoms with Crippen LogP contribution in [0.1, 0.15) is 12.0 Å². The van der Waals surface area contributed by atoms with Crippen LogP contribution in [-0.4, -0.2) is 68.9 Å². The van der Waals surface area contributed by atoms with Gasteiger partial charge in [0, 0.05) is 31.6 Å². The molecule has 0 atom stereocenters. The van der Waals surface area contributed by atoms with E-state index in [1.807, 2.05) is 18.2 Å². The molecule has 2 amide bonds. The van der Waals surface area contributed by atoms with Crippen molar-refractivity contribution < 1.29 is 38.0 Å². The first-order valence-electron chi connectivity index (χ1n) is 14.3. The molecule has 0 radical (unpaired) electrons. The van der Waals surface area contributed by atoms with E-state index >= 15 is 0 Å². The maximum absolute atomic E-state index is 13.7. The van der Waals surface area contributed by atoms with Crippen LogP contribution < -0.4 is 44.6 Å². The number of anilines is 1. The zero-order valence-electron chi connectivity index (χ0n) is 25.8. The minimum Gasteiger partial charge on any atom is -0.497 e. The molecule has 13 nitrogen and oxygen atoms in total. The van der Waals surface area contributed by atoms with Crippen LogP contribution in [0.4, 0.5) is 5.69 Å². The summed E-state index contributed by atoms with van der Waals surface area (Å²) < 4.78 is 33.5. The normalized spacial score (nSPS) is 11.7. The predicted octanol–water partition coefficient (Wildman–Crippen LogP) is 3.64. The lowest BCUT2D eigenvalue weighted by Gasteiger charge is -2.14. The van der Waals surface area contributed by atoms with Crippen molar-refractivity contribution in [1.82, 2.24) is 14.9 Å². The molecule has 0 fully saturated rings. The van der Waals surface area contributed by atoms with E-state index in [0.717, 1.165) is 17.3 Å². The molecule has 0 bridgehead atoms. The van der Waals surface area contributed by atoms with Crippen molar-refractivity contribution in [3.05, 3.63) is 64.4 Å². The summed E-state index contributed by atoms with van der Waals surface area (Å²) in [5.41, 5.74) is 1.47. The first-order valence-corrected chi connectivity index (χ1v) is 15.3. The molecule has 0 saturated heterocycles. The number of amides is 2. The molecule has 4 aromatic rings. The van der Waals surface area contributed by atoms with Gasteiger partial charge in [-0.3, -0.25) is 19.0 Å². The van der Waals surface area contributed by atoms with Crippen LogP contribution in [0.25, 0.3) is 10.9 Å². The second kappa shape index (κ2) is 14.8. The number of rotatable bonds is 14. The van der Waals surface area contributed by atoms with Crippen LogP contribution in [0.3, 0.4) is 0 Å². The first-order chi connectivity index (χ1) is 22.3. The lowest BCUT2D eigenvalue weighted by molar-refractivity contribution is -0.121. The average Bonchev–Trinajstić information content (AvgIpc) is 3.53. The van der Waals surface area contributed by atoms with Crippen LogP contribution in [0.5, 0.6) is 34.5 Å². The number of fused-ring (bicyclic) bond motifs is 2. The van der Waals surface area contributed by atoms with Crippen LogP contribution in [0, 0.1) is 0 Å². The Labute approximate surface area is 269 Å². The van der Waals surface area contributed by atoms with E-state index in [0.29, 0.717) is 64.1 Å². The number of hydrogen-bond acceptors (Lipinski definition) is 11. The van der Waals surface area contributed by atoms with Gasteiger partial charge in [0.05, 0.1) is 50.8 Å². The van der Waals surface area contributed by atoms with Gasteiger partial charge in [-0.15, -0.1) is 0 Å². The Hall–Kier alpha value is -5.11. The summed E-state index contributed by atoms with van der Waals surface area (Å²) in [4.78, 5) is 44.1. The molecule has 3 aromatic carbocycles. The molecule has 46 heavy (non-hydrogen) atoms. The Balaban J connectivity index is 1.28. The number of hydrogen-bond donors (Lipinski definition) is 2. The Morgan fingerprint density at radius 1 is 0.891 bits per heavy atom. The number of aromatic nitrogens is 2. The zero-order chi connectivity index (χ0) is 32.6. The van der Waals surface area contributed by atoms with E-state index in [9.17, 15) is 14.4 Å². The highest BCUT2D eigenvalue weighted by atomic mass is 32.2. The maximum Gasteiger partial charge on any atom is 0.262 e. The topological polar surface area (TPSA) is 148 Å². The van der Waals surface area contributed by atoms with Crippen molar-refractivity contribution in [3.8, 4) is 34.5 Å². The molecular formula is C32H34N4O9S. The Bertz CT molecular complexity index is 1810. The zero-order valence-corrected chi connectivity index (χ0v) is 26.7. The van der Waals surface area contributed by atoms with Crippen molar-refractivity contribution in [2.75, 3.05) is 52.8 Å². The van der Waals surface area contributed by atoms with Gasteiger partial charge in [0.15, 0.2) is 28.2 Å². The molecule has 2 N–H and O–H groups in total. The molecule has 1 aliphatic rings. The fourth-order valence-corrected chi connectivity index (χ4v) is 5.63. The lowest BCUT2D eigenvalue weighted by Crippen LogP contribution is -2.30. The highest BCUT2D eigenvalue weighted by molar-refractivity contribution is 7.99. The van der Waals surface area contributed by atoms with Crippen LogP contribution >= 0.6 is 11.8 Å². The van der Waals surface area contributed by atoms with Crippen molar-refractivity contribution in [2.45, 2.75) is 24.5 Å². The van der Waals surface area contributed by atoms with E-state index in [1.165, 1.54) is 18.8 Å². The molecule has 5 rings (SSSR count). The largest absolute Gasteiger partial charge is 0.497 e. The minimum absolute atomic E-state index is 0.0202. The summed E-state index contributed by atoms with van der Waals surface area (Å²) in [5.74, 6) is 2.54. The van der Waals surface area contributed by atoms with Crippen molar-refractivity contribution in [2.24, 2.45) is 0 Å². The van der Waals surface area contributed by atoms with Crippen LogP contribution in [0.15, 0.2) is 58.5 Å². The molecule has 2 heterocycles. The molecule has 14 heteroatoms. The van der Waals surface area contributed by atoms with E-state index in [1.54, 1.807) is 44.6 Å². The molecule has 0 aliphatic carbocycles. The highest BCUT2D eigenvalue weighted by Gasteiger charge is 2.20. The molecule has 1 aromatic heterocycles. The second-order valence-corrected chi connectivity index (χ2v) is 11.0. The van der Waals surface area contributed by atoms with Gasteiger partial charge in [0.2, 0.25) is 18.6 Å². The van der Waals surface area contributed by atoms with Crippen LogP contribution in [-0.2, 0) is 22.6 Å². The summed E-state index contributed by atoms with van der Waals surface area (Å²) in [7, 11) is 6.17. The van der Waals surface area contributed by atoms with E-state index in [4.69, 9.17) is 28.4 Å². The Kier molecular flexibility index (Phi) is 10.4. The van der Waals surface area contributed by atoms with Gasteiger partial charge in [-0.1, -0.05) is 17.8 Å². The van der Waals surface area contributed by atoms with Crippen molar-refractivity contribution in [1.29, 1.82) is 0 Å². The molecular weight excluding hydrogens is 616 g/mol. The third kappa shape index (κ3) is 7.40. The minimum atomic E-state index is -0.360. The average molecular weight is 651 g/mol. The summed E-state index contributed by atoms with van der Waals surface area (Å²) in [6, 6.07) is 13.8. The molecule has 1 aliphatic heterocycles. The lowest BCUT2D eigenvalue weighted by atomic mass is 10.1. The number of methoxy groups -OCH3 is 4. The number of thioether (sulfide) groups is 1. The quantitative estimate of drug-likeness (QED) is 0.152. The van der Waals surface area contributed by atoms with Gasteiger partial charge in [0.1, 0.15) is 11.5 Å². The fraction of sp³-hybridized carbons (Fsp3) is 0.312. The van der Waals surface area contributed by atoms with Crippen molar-refractivity contribution >= 4 is 40.2 Å². The monoisotopic (exact) mass is 650 g/mol. The summed E-state index contributed by atoms with van der Waals surface area (Å²) >= 11 is 1.08. The van der Waals surface area contributed by atoms with Gasteiger partial charge in [0.25, 0.3) is 5.56 Å². The maximum atomic E-state index is 13.7. The third-order valence-electron chi connectivity index (χ3n) is 7.17. The fourth-order valence-electron chi connectivity index (χ4n) is 4.80. The standard InChI is InChI=1S/C32H34N4O9S/c1-40-20-6-7-22(25(14-20)42-3)34-30(38)17-46-32-35-23-16-28-27(44-18-45-28)15-21(23)31(39)36(32)12-10-29(37)33-11-9-19-5-8-24(41-2)26(13-19)43-4/h5-8,13-16H,9-12,17-18H2,1-4H3,(H,33,37)(H,34,38). The Morgan fingerprint density at radius 2 is 1.65 bits per heavy atom. The Morgan fingerprint density at radius 3 is 2.39 bits per heavy atom. The van der Waals surface area contributed by atoms with E-state index in [-0.39, 0.29) is 48.0 Å². The SMILES string of the molecule is COc1ccc(NC(=O)CSc2nc3cc4c(cc3c(=O)n2CCC(=O)NCCc2ccc(OC)c(OC)c2)OCO4)c(OC)c1. The van der Waals surface area contributed by atoms with E-state index in [2.05, 4.69) is 15.6 Å². The van der Waals surface area contributed by atoms with Gasteiger partial charge in [-0.2, -0.15) is 0 Å². The number of nitrogens with zero attached hydrogens (tertiary/aromatic N) is 2. The van der Waals surface area contributed by atoms with Crippen molar-refractivity contribution in [3.63, 3.8) is 0 Å². The number of nitrogens with one attached hydrogen (secondary N) is 2. The number of carbonyl (C=O) groups is 2. The number of ether oxygens (including phenoxy) is 6. The van der Waals surface area contributed by atoms with Gasteiger partial charge >= 0.3 is 0 Å². The van der Waals surface area contributed by atoms with Gasteiger partial charge in [-0.25, -0.2) is 4.98 Å². The number of benzene rings is 3. The summed E-state index contributed by atoms with van der Waals surface area (Å²) in [5, 5.41) is 6.32. The molecule has 0 spiro atoms. The van der Waals surface area contributed by atoms with E-state index < -0.39 is 0 Å². The number of carbonyl (C=O) groups excluding carboxylic acids is 2. The molecule has 0 unspecified atom stereocenters. The second-order valence-electron chi connectivity index (χ2n) is 10.0. The summed E-state index contributed by atoms with van der Waals surface area (Å²) in [6.07, 6.45) is 0.596. The predicted molar refractivity (Wildman–Crippen MR) is 172 cm³/mol. The smallest absolute Gasteiger partial charge is 0.262 e. The molecule has 242 valence electrons. The van der Waals surface area contributed by atoms with Gasteiger partial charge < -0.3 is 39.1 Å². The third-order valence-corrected chi connectivity index (χ3v) is 8.15. The first kappa shape index (κ1) is 32.3.